The summed E-state index contributed by atoms with van der Waals surface area (Å²) in [6, 6.07) is 0.279. The van der Waals surface area contributed by atoms with Gasteiger partial charge in [0.1, 0.15) is 5.54 Å². The minimum Gasteiger partial charge on any atom is -0.480 e. The van der Waals surface area contributed by atoms with E-state index in [9.17, 15) is 9.90 Å². The minimum absolute atomic E-state index is 0.279. The Kier molecular flexibility index (Phi) is 4.59. The zero-order valence-corrected chi connectivity index (χ0v) is 11.9. The van der Waals surface area contributed by atoms with Gasteiger partial charge in [-0.15, -0.1) is 0 Å². The minimum atomic E-state index is -0.643. The van der Waals surface area contributed by atoms with Crippen LogP contribution in [0.3, 0.4) is 0 Å². The molecule has 0 atom stereocenters. The summed E-state index contributed by atoms with van der Waals surface area (Å²) >= 11 is 0. The van der Waals surface area contributed by atoms with E-state index in [-0.39, 0.29) is 6.04 Å². The van der Waals surface area contributed by atoms with Crippen molar-refractivity contribution in [1.82, 2.24) is 4.90 Å². The van der Waals surface area contributed by atoms with Crippen molar-refractivity contribution in [2.75, 3.05) is 7.05 Å². The fraction of sp³-hybridized carbons (Fsp3) is 0.929. The molecule has 0 unspecified atom stereocenters. The number of likely N-dealkylation sites (N-methyl/N-ethyl adjacent to an activating group) is 1. The summed E-state index contributed by atoms with van der Waals surface area (Å²) in [5.74, 6) is 0.727. The lowest BCUT2D eigenvalue weighted by molar-refractivity contribution is -0.155. The van der Waals surface area contributed by atoms with E-state index in [1.165, 1.54) is 0 Å². The van der Waals surface area contributed by atoms with E-state index in [1.807, 2.05) is 11.9 Å². The molecule has 1 fully saturated rings. The van der Waals surface area contributed by atoms with Crippen LogP contribution in [0.4, 0.5) is 0 Å². The van der Waals surface area contributed by atoms with E-state index in [0.717, 1.165) is 25.7 Å². The number of hydrogen-bond donors (Lipinski definition) is 1. The van der Waals surface area contributed by atoms with Gasteiger partial charge in [-0.2, -0.15) is 0 Å². The Morgan fingerprint density at radius 2 is 1.71 bits per heavy atom. The van der Waals surface area contributed by atoms with Crippen molar-refractivity contribution in [3.05, 3.63) is 0 Å². The second kappa shape index (κ2) is 5.38. The van der Waals surface area contributed by atoms with Gasteiger partial charge >= 0.3 is 5.97 Å². The topological polar surface area (TPSA) is 40.5 Å². The van der Waals surface area contributed by atoms with Crippen LogP contribution in [0.2, 0.25) is 0 Å². The summed E-state index contributed by atoms with van der Waals surface area (Å²) in [5, 5.41) is 9.59. The number of nitrogens with zero attached hydrogens (tertiary/aromatic N) is 1. The molecular weight excluding hydrogens is 214 g/mol. The molecule has 0 aliphatic heterocycles. The van der Waals surface area contributed by atoms with Gasteiger partial charge in [-0.3, -0.25) is 9.69 Å². The largest absolute Gasteiger partial charge is 0.480 e. The predicted octanol–water partition coefficient (Wildman–Crippen LogP) is 3.00. The maximum atomic E-state index is 11.7. The molecule has 0 spiro atoms. The number of carboxylic acid groups (broad SMARTS) is 1. The van der Waals surface area contributed by atoms with Crippen LogP contribution in [-0.4, -0.2) is 34.6 Å². The van der Waals surface area contributed by atoms with Gasteiger partial charge in [0.15, 0.2) is 0 Å². The number of aliphatic carboxylic acids is 1. The first-order chi connectivity index (χ1) is 7.81. The van der Waals surface area contributed by atoms with Gasteiger partial charge in [0.25, 0.3) is 0 Å². The van der Waals surface area contributed by atoms with Gasteiger partial charge in [-0.1, -0.05) is 13.8 Å². The van der Waals surface area contributed by atoms with Crippen LogP contribution in [0.1, 0.15) is 53.4 Å². The lowest BCUT2D eigenvalue weighted by Gasteiger charge is -2.45. The first-order valence-corrected chi connectivity index (χ1v) is 6.77. The Morgan fingerprint density at radius 1 is 1.24 bits per heavy atom. The Hall–Kier alpha value is -0.570. The highest BCUT2D eigenvalue weighted by Crippen LogP contribution is 2.39. The van der Waals surface area contributed by atoms with Gasteiger partial charge in [0, 0.05) is 6.04 Å². The Balaban J connectivity index is 2.81. The zero-order chi connectivity index (χ0) is 13.2. The molecule has 1 aliphatic carbocycles. The number of carboxylic acids is 1. The average molecular weight is 241 g/mol. The first kappa shape index (κ1) is 14.5. The summed E-state index contributed by atoms with van der Waals surface area (Å²) in [5.41, 5.74) is -0.625. The normalized spacial score (nSPS) is 30.2. The third kappa shape index (κ3) is 2.82. The molecule has 1 N–H and O–H groups in total. The molecule has 0 aromatic rings. The predicted molar refractivity (Wildman–Crippen MR) is 70.1 cm³/mol. The molecule has 0 amide bonds. The summed E-state index contributed by atoms with van der Waals surface area (Å²) in [4.78, 5) is 13.7. The molecule has 1 rings (SSSR count). The molecule has 17 heavy (non-hydrogen) atoms. The van der Waals surface area contributed by atoms with Gasteiger partial charge in [0.2, 0.25) is 0 Å². The molecule has 100 valence electrons. The quantitative estimate of drug-likeness (QED) is 0.822. The molecule has 0 radical (unpaired) electrons. The highest BCUT2D eigenvalue weighted by atomic mass is 16.4. The van der Waals surface area contributed by atoms with Crippen molar-refractivity contribution in [2.24, 2.45) is 11.8 Å². The third-order valence-corrected chi connectivity index (χ3v) is 4.65. The van der Waals surface area contributed by atoms with E-state index in [4.69, 9.17) is 0 Å². The Bertz CT molecular complexity index is 265. The summed E-state index contributed by atoms with van der Waals surface area (Å²) in [7, 11) is 1.95. The molecular formula is C14H27NO2. The maximum absolute atomic E-state index is 11.7. The monoisotopic (exact) mass is 241 g/mol. The molecule has 0 heterocycles. The fourth-order valence-corrected chi connectivity index (χ4v) is 3.00. The lowest BCUT2D eigenvalue weighted by atomic mass is 9.72. The van der Waals surface area contributed by atoms with Crippen molar-refractivity contribution >= 4 is 5.97 Å². The number of carbonyl (C=O) groups is 1. The fourth-order valence-electron chi connectivity index (χ4n) is 3.00. The summed E-state index contributed by atoms with van der Waals surface area (Å²) in [6.07, 6.45) is 3.67. The maximum Gasteiger partial charge on any atom is 0.324 e. The van der Waals surface area contributed by atoms with Gasteiger partial charge in [-0.25, -0.2) is 0 Å². The lowest BCUT2D eigenvalue weighted by Crippen LogP contribution is -2.57. The van der Waals surface area contributed by atoms with Crippen molar-refractivity contribution in [1.29, 1.82) is 0 Å². The standard InChI is InChI=1S/C14H27NO2/c1-10(2)12-6-8-14(9-7-12,13(16)17)15(5)11(3)4/h10-12H,6-9H2,1-5H3,(H,16,17). The van der Waals surface area contributed by atoms with E-state index < -0.39 is 11.5 Å². The highest BCUT2D eigenvalue weighted by molar-refractivity contribution is 5.79. The van der Waals surface area contributed by atoms with Gasteiger partial charge in [0.05, 0.1) is 0 Å². The molecule has 0 aromatic heterocycles. The molecule has 1 aliphatic rings. The first-order valence-electron chi connectivity index (χ1n) is 6.77. The van der Waals surface area contributed by atoms with E-state index in [1.54, 1.807) is 0 Å². The SMILES string of the molecule is CC(C)C1CCC(C(=O)O)(N(C)C(C)C)CC1. The Morgan fingerprint density at radius 3 is 2.00 bits per heavy atom. The molecule has 0 aromatic carbocycles. The third-order valence-electron chi connectivity index (χ3n) is 4.65. The van der Waals surface area contributed by atoms with Crippen LogP contribution < -0.4 is 0 Å². The molecule has 0 saturated heterocycles. The van der Waals surface area contributed by atoms with Crippen LogP contribution in [0, 0.1) is 11.8 Å². The van der Waals surface area contributed by atoms with Crippen LogP contribution in [-0.2, 0) is 4.79 Å². The second-order valence-electron chi connectivity index (χ2n) is 6.12. The second-order valence-corrected chi connectivity index (χ2v) is 6.12. The number of rotatable bonds is 4. The van der Waals surface area contributed by atoms with Crippen molar-refractivity contribution in [2.45, 2.75) is 65.0 Å². The van der Waals surface area contributed by atoms with Crippen molar-refractivity contribution in [3.8, 4) is 0 Å². The smallest absolute Gasteiger partial charge is 0.324 e. The van der Waals surface area contributed by atoms with E-state index in [2.05, 4.69) is 27.7 Å². The average Bonchev–Trinajstić information content (AvgIpc) is 2.27. The van der Waals surface area contributed by atoms with Gasteiger partial charge in [-0.05, 0) is 58.4 Å². The highest BCUT2D eigenvalue weighted by Gasteiger charge is 2.46. The summed E-state index contributed by atoms with van der Waals surface area (Å²) < 4.78 is 0. The molecule has 1 saturated carbocycles. The Labute approximate surface area is 105 Å². The van der Waals surface area contributed by atoms with Crippen LogP contribution >= 0.6 is 0 Å². The van der Waals surface area contributed by atoms with E-state index in [0.29, 0.717) is 11.8 Å². The zero-order valence-electron chi connectivity index (χ0n) is 11.9. The molecule has 3 heteroatoms. The summed E-state index contributed by atoms with van der Waals surface area (Å²) in [6.45, 7) is 8.62. The van der Waals surface area contributed by atoms with Crippen LogP contribution in [0.25, 0.3) is 0 Å². The van der Waals surface area contributed by atoms with Gasteiger partial charge < -0.3 is 5.11 Å². The van der Waals surface area contributed by atoms with E-state index >= 15 is 0 Å². The van der Waals surface area contributed by atoms with Crippen molar-refractivity contribution in [3.63, 3.8) is 0 Å². The molecule has 3 nitrogen and oxygen atoms in total. The van der Waals surface area contributed by atoms with Crippen LogP contribution in [0.15, 0.2) is 0 Å². The van der Waals surface area contributed by atoms with Crippen molar-refractivity contribution < 1.29 is 9.90 Å². The van der Waals surface area contributed by atoms with Crippen LogP contribution in [0.5, 0.6) is 0 Å². The molecule has 0 bridgehead atoms. The number of hydrogen-bond acceptors (Lipinski definition) is 2.